The predicted octanol–water partition coefficient (Wildman–Crippen LogP) is 3.14. The molecule has 0 bridgehead atoms. The molecule has 2 aromatic rings. The second-order valence-electron chi connectivity index (χ2n) is 7.22. The number of hydrogen-bond donors (Lipinski definition) is 0. The molecule has 0 spiro atoms. The van der Waals surface area contributed by atoms with E-state index in [4.69, 9.17) is 4.98 Å². The van der Waals surface area contributed by atoms with Gasteiger partial charge >= 0.3 is 0 Å². The summed E-state index contributed by atoms with van der Waals surface area (Å²) in [6, 6.07) is 6.89. The third-order valence-corrected chi connectivity index (χ3v) is 6.70. The van der Waals surface area contributed by atoms with Crippen molar-refractivity contribution in [2.24, 2.45) is 0 Å². The highest BCUT2D eigenvalue weighted by Crippen LogP contribution is 2.25. The van der Waals surface area contributed by atoms with Crippen LogP contribution in [0, 0.1) is 20.8 Å². The number of benzene rings is 1. The minimum Gasteiger partial charge on any atom is -0.353 e. The lowest BCUT2D eigenvalue weighted by Crippen LogP contribution is -2.49. The van der Waals surface area contributed by atoms with E-state index in [0.717, 1.165) is 23.3 Å². The van der Waals surface area contributed by atoms with Crippen LogP contribution in [0.15, 0.2) is 33.6 Å². The second kappa shape index (κ2) is 7.83. The molecule has 0 atom stereocenters. The van der Waals surface area contributed by atoms with Gasteiger partial charge in [0.2, 0.25) is 0 Å². The van der Waals surface area contributed by atoms with Crippen LogP contribution in [0.3, 0.4) is 0 Å². The van der Waals surface area contributed by atoms with E-state index in [1.165, 1.54) is 11.6 Å². The number of hydrogen-bond acceptors (Lipinski definition) is 5. The first-order valence-corrected chi connectivity index (χ1v) is 11.7. The molecule has 28 heavy (non-hydrogen) atoms. The number of piperazine rings is 1. The molecular weight excluding hydrogens is 442 g/mol. The SMILES string of the molecule is Cc1cc(C)c(N2CCN(C(=O)c3ccc(Br)cc3S(C)(=O)=O)CC2)nc1C. The molecule has 150 valence electrons. The molecule has 1 aliphatic rings. The summed E-state index contributed by atoms with van der Waals surface area (Å²) in [5, 5.41) is 0. The van der Waals surface area contributed by atoms with Gasteiger partial charge in [-0.25, -0.2) is 13.4 Å². The molecule has 1 aromatic carbocycles. The number of aryl methyl sites for hydroxylation is 3. The predicted molar refractivity (Wildman–Crippen MR) is 114 cm³/mol. The van der Waals surface area contributed by atoms with Crippen LogP contribution in [0.4, 0.5) is 5.82 Å². The Morgan fingerprint density at radius 2 is 1.68 bits per heavy atom. The summed E-state index contributed by atoms with van der Waals surface area (Å²) in [5.74, 6) is 0.702. The van der Waals surface area contributed by atoms with Crippen molar-refractivity contribution in [1.82, 2.24) is 9.88 Å². The van der Waals surface area contributed by atoms with E-state index < -0.39 is 9.84 Å². The van der Waals surface area contributed by atoms with Gasteiger partial charge in [0, 0.05) is 42.6 Å². The van der Waals surface area contributed by atoms with Crippen LogP contribution in [0.25, 0.3) is 0 Å². The molecule has 8 heteroatoms. The van der Waals surface area contributed by atoms with Crippen molar-refractivity contribution >= 4 is 37.5 Å². The van der Waals surface area contributed by atoms with E-state index in [0.29, 0.717) is 30.7 Å². The topological polar surface area (TPSA) is 70.6 Å². The number of nitrogens with zero attached hydrogens (tertiary/aromatic N) is 3. The van der Waals surface area contributed by atoms with Gasteiger partial charge in [-0.05, 0) is 50.1 Å². The molecule has 1 fully saturated rings. The maximum atomic E-state index is 13.0. The Labute approximate surface area is 174 Å². The Morgan fingerprint density at radius 3 is 2.29 bits per heavy atom. The summed E-state index contributed by atoms with van der Waals surface area (Å²) in [6.07, 6.45) is 1.12. The smallest absolute Gasteiger partial charge is 0.255 e. The Balaban J connectivity index is 1.79. The highest BCUT2D eigenvalue weighted by molar-refractivity contribution is 9.10. The van der Waals surface area contributed by atoms with Gasteiger partial charge in [-0.2, -0.15) is 0 Å². The molecule has 1 amide bonds. The first-order chi connectivity index (χ1) is 13.1. The lowest BCUT2D eigenvalue weighted by molar-refractivity contribution is 0.0742. The van der Waals surface area contributed by atoms with Crippen molar-refractivity contribution in [1.29, 1.82) is 0 Å². The fraction of sp³-hybridized carbons (Fsp3) is 0.400. The molecule has 0 saturated carbocycles. The van der Waals surface area contributed by atoms with E-state index in [-0.39, 0.29) is 16.4 Å². The van der Waals surface area contributed by atoms with Crippen LogP contribution >= 0.6 is 15.9 Å². The number of carbonyl (C=O) groups is 1. The quantitative estimate of drug-likeness (QED) is 0.695. The second-order valence-corrected chi connectivity index (χ2v) is 10.1. The zero-order chi connectivity index (χ0) is 20.6. The zero-order valence-corrected chi connectivity index (χ0v) is 18.9. The Kier molecular flexibility index (Phi) is 5.82. The standard InChI is InChI=1S/C20H24BrN3O3S/c1-13-11-14(2)19(22-15(13)3)23-7-9-24(10-8-23)20(25)17-6-5-16(21)12-18(17)28(4,26)27/h5-6,11-12H,7-10H2,1-4H3. The fourth-order valence-corrected chi connectivity index (χ4v) is 4.83. The van der Waals surface area contributed by atoms with Gasteiger partial charge in [0.25, 0.3) is 5.91 Å². The highest BCUT2D eigenvalue weighted by atomic mass is 79.9. The van der Waals surface area contributed by atoms with Gasteiger partial charge in [-0.3, -0.25) is 4.79 Å². The third-order valence-electron chi connectivity index (χ3n) is 5.07. The third kappa shape index (κ3) is 4.22. The maximum Gasteiger partial charge on any atom is 0.255 e. The van der Waals surface area contributed by atoms with Crippen molar-refractivity contribution in [3.63, 3.8) is 0 Å². The zero-order valence-electron chi connectivity index (χ0n) is 16.5. The summed E-state index contributed by atoms with van der Waals surface area (Å²) >= 11 is 3.28. The molecule has 0 radical (unpaired) electrons. The summed E-state index contributed by atoms with van der Waals surface area (Å²) in [6.45, 7) is 8.45. The molecule has 6 nitrogen and oxygen atoms in total. The van der Waals surface area contributed by atoms with Crippen LogP contribution in [-0.4, -0.2) is 56.6 Å². The average Bonchev–Trinajstić information content (AvgIpc) is 2.63. The number of amides is 1. The number of halogens is 1. The molecule has 1 aliphatic heterocycles. The molecule has 1 aromatic heterocycles. The van der Waals surface area contributed by atoms with Crippen molar-refractivity contribution in [3.05, 3.63) is 51.1 Å². The van der Waals surface area contributed by atoms with E-state index in [2.05, 4.69) is 26.9 Å². The van der Waals surface area contributed by atoms with E-state index >= 15 is 0 Å². The summed E-state index contributed by atoms with van der Waals surface area (Å²) in [4.78, 5) is 21.7. The Hall–Kier alpha value is -1.93. The monoisotopic (exact) mass is 465 g/mol. The minimum atomic E-state index is -3.51. The number of sulfone groups is 1. The van der Waals surface area contributed by atoms with Crippen LogP contribution < -0.4 is 4.90 Å². The van der Waals surface area contributed by atoms with Crippen molar-refractivity contribution < 1.29 is 13.2 Å². The van der Waals surface area contributed by atoms with Crippen LogP contribution in [0.2, 0.25) is 0 Å². The van der Waals surface area contributed by atoms with E-state index in [1.807, 2.05) is 20.8 Å². The first-order valence-electron chi connectivity index (χ1n) is 9.06. The first kappa shape index (κ1) is 20.8. The normalized spacial score (nSPS) is 15.0. The minimum absolute atomic E-state index is 0.0565. The highest BCUT2D eigenvalue weighted by Gasteiger charge is 2.27. The summed E-state index contributed by atoms with van der Waals surface area (Å²) in [7, 11) is -3.51. The molecular formula is C20H24BrN3O3S. The van der Waals surface area contributed by atoms with Gasteiger partial charge < -0.3 is 9.80 Å². The maximum absolute atomic E-state index is 13.0. The van der Waals surface area contributed by atoms with E-state index in [1.54, 1.807) is 17.0 Å². The number of rotatable bonds is 3. The van der Waals surface area contributed by atoms with Crippen LogP contribution in [-0.2, 0) is 9.84 Å². The molecule has 0 N–H and O–H groups in total. The summed E-state index contributed by atoms with van der Waals surface area (Å²) in [5.41, 5.74) is 3.51. The summed E-state index contributed by atoms with van der Waals surface area (Å²) < 4.78 is 24.9. The number of anilines is 1. The van der Waals surface area contributed by atoms with Gasteiger partial charge in [0.1, 0.15) is 5.82 Å². The largest absolute Gasteiger partial charge is 0.353 e. The Morgan fingerprint density at radius 1 is 1.04 bits per heavy atom. The molecule has 3 rings (SSSR count). The van der Waals surface area contributed by atoms with Gasteiger partial charge in [-0.15, -0.1) is 0 Å². The number of pyridine rings is 1. The lowest BCUT2D eigenvalue weighted by atomic mass is 10.1. The molecule has 1 saturated heterocycles. The number of aromatic nitrogens is 1. The molecule has 0 aliphatic carbocycles. The van der Waals surface area contributed by atoms with Crippen molar-refractivity contribution in [3.8, 4) is 0 Å². The van der Waals surface area contributed by atoms with Crippen molar-refractivity contribution in [2.75, 3.05) is 37.3 Å². The van der Waals surface area contributed by atoms with Gasteiger partial charge in [-0.1, -0.05) is 22.0 Å². The van der Waals surface area contributed by atoms with E-state index in [9.17, 15) is 13.2 Å². The van der Waals surface area contributed by atoms with Crippen LogP contribution in [0.5, 0.6) is 0 Å². The lowest BCUT2D eigenvalue weighted by Gasteiger charge is -2.36. The average molecular weight is 466 g/mol. The fourth-order valence-electron chi connectivity index (χ4n) is 3.42. The Bertz CT molecular complexity index is 1030. The van der Waals surface area contributed by atoms with Crippen molar-refractivity contribution in [2.45, 2.75) is 25.7 Å². The molecule has 0 unspecified atom stereocenters. The van der Waals surface area contributed by atoms with Gasteiger partial charge in [0.15, 0.2) is 9.84 Å². The number of carbonyl (C=O) groups excluding carboxylic acids is 1. The van der Waals surface area contributed by atoms with Crippen LogP contribution in [0.1, 0.15) is 27.2 Å². The molecule has 2 heterocycles. The van der Waals surface area contributed by atoms with Gasteiger partial charge in [0.05, 0.1) is 10.5 Å².